The SMILES string of the molecule is CC(C)N(CC1CCCN1)CC1COC2(CCCC2)O1. The molecule has 116 valence electrons. The Morgan fingerprint density at radius 3 is 2.65 bits per heavy atom. The Morgan fingerprint density at radius 1 is 1.20 bits per heavy atom. The first-order chi connectivity index (χ1) is 9.67. The van der Waals surface area contributed by atoms with Crippen LogP contribution in [0.2, 0.25) is 0 Å². The van der Waals surface area contributed by atoms with Crippen molar-refractivity contribution >= 4 is 0 Å². The van der Waals surface area contributed by atoms with Crippen LogP contribution in [0.3, 0.4) is 0 Å². The second kappa shape index (κ2) is 6.30. The molecule has 1 saturated carbocycles. The molecule has 20 heavy (non-hydrogen) atoms. The number of hydrogen-bond acceptors (Lipinski definition) is 4. The molecule has 2 saturated heterocycles. The van der Waals surface area contributed by atoms with Crippen molar-refractivity contribution in [1.82, 2.24) is 10.2 Å². The minimum absolute atomic E-state index is 0.209. The molecule has 0 radical (unpaired) electrons. The third kappa shape index (κ3) is 3.35. The van der Waals surface area contributed by atoms with Crippen LogP contribution in [0, 0.1) is 0 Å². The highest BCUT2D eigenvalue weighted by Gasteiger charge is 2.44. The molecule has 2 heterocycles. The second-order valence-electron chi connectivity index (χ2n) is 7.01. The number of ether oxygens (including phenoxy) is 2. The first-order valence-corrected chi connectivity index (χ1v) is 8.46. The van der Waals surface area contributed by atoms with Crippen LogP contribution >= 0.6 is 0 Å². The second-order valence-corrected chi connectivity index (χ2v) is 7.01. The fourth-order valence-electron chi connectivity index (χ4n) is 3.84. The molecule has 0 bridgehead atoms. The molecule has 4 heteroatoms. The van der Waals surface area contributed by atoms with Crippen molar-refractivity contribution in [2.75, 3.05) is 26.2 Å². The first kappa shape index (κ1) is 14.8. The van der Waals surface area contributed by atoms with E-state index in [0.29, 0.717) is 12.1 Å². The van der Waals surface area contributed by atoms with Crippen molar-refractivity contribution in [3.05, 3.63) is 0 Å². The molecule has 0 aromatic rings. The van der Waals surface area contributed by atoms with E-state index < -0.39 is 0 Å². The molecule has 3 aliphatic rings. The van der Waals surface area contributed by atoms with Gasteiger partial charge in [-0.05, 0) is 46.1 Å². The van der Waals surface area contributed by atoms with Gasteiger partial charge in [0.1, 0.15) is 0 Å². The summed E-state index contributed by atoms with van der Waals surface area (Å²) in [7, 11) is 0. The predicted octanol–water partition coefficient (Wildman–Crippen LogP) is 2.13. The molecule has 3 rings (SSSR count). The van der Waals surface area contributed by atoms with Crippen LogP contribution in [-0.2, 0) is 9.47 Å². The summed E-state index contributed by atoms with van der Waals surface area (Å²) in [6, 6.07) is 1.24. The summed E-state index contributed by atoms with van der Waals surface area (Å²) in [4.78, 5) is 2.56. The number of nitrogens with zero attached hydrogens (tertiary/aromatic N) is 1. The van der Waals surface area contributed by atoms with E-state index in [1.807, 2.05) is 0 Å². The third-order valence-electron chi connectivity index (χ3n) is 5.06. The average Bonchev–Trinajstić information content (AvgIpc) is 3.14. The van der Waals surface area contributed by atoms with Crippen LogP contribution in [0.5, 0.6) is 0 Å². The molecule has 1 aliphatic carbocycles. The topological polar surface area (TPSA) is 33.7 Å². The maximum absolute atomic E-state index is 6.27. The van der Waals surface area contributed by atoms with E-state index in [1.165, 1.54) is 32.2 Å². The summed E-state index contributed by atoms with van der Waals surface area (Å²) in [6.07, 6.45) is 7.60. The molecule has 1 N–H and O–H groups in total. The lowest BCUT2D eigenvalue weighted by Gasteiger charge is -2.31. The highest BCUT2D eigenvalue weighted by atomic mass is 16.7. The highest BCUT2D eigenvalue weighted by Crippen LogP contribution is 2.39. The Balaban J connectivity index is 1.51. The van der Waals surface area contributed by atoms with Crippen LogP contribution in [-0.4, -0.2) is 55.1 Å². The summed E-state index contributed by atoms with van der Waals surface area (Å²) in [5.41, 5.74) is 0. The first-order valence-electron chi connectivity index (χ1n) is 8.46. The van der Waals surface area contributed by atoms with Gasteiger partial charge in [0.15, 0.2) is 5.79 Å². The van der Waals surface area contributed by atoms with Crippen LogP contribution in [0.15, 0.2) is 0 Å². The molecule has 2 atom stereocenters. The van der Waals surface area contributed by atoms with Gasteiger partial charge in [-0.15, -0.1) is 0 Å². The van der Waals surface area contributed by atoms with E-state index in [4.69, 9.17) is 9.47 Å². The summed E-state index contributed by atoms with van der Waals surface area (Å²) in [6.45, 7) is 8.69. The van der Waals surface area contributed by atoms with Gasteiger partial charge in [0.25, 0.3) is 0 Å². The fraction of sp³-hybridized carbons (Fsp3) is 1.00. The lowest BCUT2D eigenvalue weighted by Crippen LogP contribution is -2.45. The molecule has 0 amide bonds. The Morgan fingerprint density at radius 2 is 2.00 bits per heavy atom. The molecular weight excluding hydrogens is 252 g/mol. The average molecular weight is 282 g/mol. The van der Waals surface area contributed by atoms with E-state index in [2.05, 4.69) is 24.1 Å². The van der Waals surface area contributed by atoms with Crippen molar-refractivity contribution < 1.29 is 9.47 Å². The van der Waals surface area contributed by atoms with Crippen molar-refractivity contribution in [2.24, 2.45) is 0 Å². The van der Waals surface area contributed by atoms with Crippen LogP contribution in [0.1, 0.15) is 52.4 Å². The summed E-state index contributed by atoms with van der Waals surface area (Å²) >= 11 is 0. The zero-order valence-electron chi connectivity index (χ0n) is 13.1. The van der Waals surface area contributed by atoms with Crippen molar-refractivity contribution in [2.45, 2.75) is 76.3 Å². The Hall–Kier alpha value is -0.160. The van der Waals surface area contributed by atoms with Crippen LogP contribution < -0.4 is 5.32 Å². The zero-order chi connectivity index (χ0) is 14.0. The summed E-state index contributed by atoms with van der Waals surface area (Å²) in [5.74, 6) is -0.209. The van der Waals surface area contributed by atoms with Gasteiger partial charge in [0.05, 0.1) is 12.7 Å². The largest absolute Gasteiger partial charge is 0.347 e. The Bertz CT molecular complexity index is 310. The van der Waals surface area contributed by atoms with E-state index in [-0.39, 0.29) is 11.9 Å². The van der Waals surface area contributed by atoms with Gasteiger partial charge in [-0.3, -0.25) is 4.90 Å². The quantitative estimate of drug-likeness (QED) is 0.837. The molecule has 1 spiro atoms. The molecule has 0 aromatic heterocycles. The maximum atomic E-state index is 6.27. The lowest BCUT2D eigenvalue weighted by molar-refractivity contribution is -0.163. The molecule has 4 nitrogen and oxygen atoms in total. The van der Waals surface area contributed by atoms with Gasteiger partial charge in [-0.2, -0.15) is 0 Å². The van der Waals surface area contributed by atoms with Crippen LogP contribution in [0.4, 0.5) is 0 Å². The maximum Gasteiger partial charge on any atom is 0.168 e. The van der Waals surface area contributed by atoms with Gasteiger partial charge < -0.3 is 14.8 Å². The van der Waals surface area contributed by atoms with E-state index in [0.717, 1.165) is 32.5 Å². The zero-order valence-corrected chi connectivity index (χ0v) is 13.1. The molecule has 2 aliphatic heterocycles. The minimum atomic E-state index is -0.209. The minimum Gasteiger partial charge on any atom is -0.347 e. The standard InChI is InChI=1S/C16H30N2O2/c1-13(2)18(10-14-6-5-9-17-14)11-15-12-19-16(20-15)7-3-4-8-16/h13-15,17H,3-12H2,1-2H3. The number of nitrogens with one attached hydrogen (secondary N) is 1. The van der Waals surface area contributed by atoms with Crippen molar-refractivity contribution in [1.29, 1.82) is 0 Å². The van der Waals surface area contributed by atoms with Gasteiger partial charge in [-0.1, -0.05) is 0 Å². The molecule has 3 fully saturated rings. The summed E-state index contributed by atoms with van der Waals surface area (Å²) in [5, 5.41) is 3.60. The normalized spacial score (nSPS) is 33.0. The molecular formula is C16H30N2O2. The third-order valence-corrected chi connectivity index (χ3v) is 5.06. The van der Waals surface area contributed by atoms with Crippen LogP contribution in [0.25, 0.3) is 0 Å². The molecule has 0 aromatic carbocycles. The monoisotopic (exact) mass is 282 g/mol. The Labute approximate surface area is 123 Å². The lowest BCUT2D eigenvalue weighted by atomic mass is 10.1. The van der Waals surface area contributed by atoms with Crippen molar-refractivity contribution in [3.8, 4) is 0 Å². The smallest absolute Gasteiger partial charge is 0.168 e. The predicted molar refractivity (Wildman–Crippen MR) is 79.8 cm³/mol. The van der Waals surface area contributed by atoms with Crippen molar-refractivity contribution in [3.63, 3.8) is 0 Å². The van der Waals surface area contributed by atoms with E-state index in [9.17, 15) is 0 Å². The van der Waals surface area contributed by atoms with E-state index >= 15 is 0 Å². The van der Waals surface area contributed by atoms with Gasteiger partial charge >= 0.3 is 0 Å². The fourth-order valence-corrected chi connectivity index (χ4v) is 3.84. The number of hydrogen-bond donors (Lipinski definition) is 1. The van der Waals surface area contributed by atoms with Gasteiger partial charge in [-0.25, -0.2) is 0 Å². The van der Waals surface area contributed by atoms with E-state index in [1.54, 1.807) is 0 Å². The highest BCUT2D eigenvalue weighted by molar-refractivity contribution is 4.87. The summed E-state index contributed by atoms with van der Waals surface area (Å²) < 4.78 is 12.3. The Kier molecular flexibility index (Phi) is 4.65. The van der Waals surface area contributed by atoms with Gasteiger partial charge in [0, 0.05) is 38.0 Å². The molecule has 2 unspecified atom stereocenters. The number of rotatable bonds is 5. The van der Waals surface area contributed by atoms with Gasteiger partial charge in [0.2, 0.25) is 0 Å².